The summed E-state index contributed by atoms with van der Waals surface area (Å²) in [6, 6.07) is 9.07. The van der Waals surface area contributed by atoms with E-state index in [-0.39, 0.29) is 17.8 Å². The normalized spacial score (nSPS) is 18.3. The summed E-state index contributed by atoms with van der Waals surface area (Å²) in [5, 5.41) is 8.24. The van der Waals surface area contributed by atoms with Gasteiger partial charge in [0, 0.05) is 6.54 Å². The molecule has 1 fully saturated rings. The molecule has 0 aromatic heterocycles. The third-order valence-corrected chi connectivity index (χ3v) is 4.27. The highest BCUT2D eigenvalue weighted by atomic mass is 16.2. The number of carbonyl (C=O) groups is 2. The molecule has 0 spiro atoms. The van der Waals surface area contributed by atoms with Crippen molar-refractivity contribution in [1.29, 1.82) is 5.41 Å². The number of carbonyl (C=O) groups excluding carboxylic acids is 2. The number of benzene rings is 1. The predicted octanol–water partition coefficient (Wildman–Crippen LogP) is 2.62. The Labute approximate surface area is 125 Å². The lowest BCUT2D eigenvalue weighted by Gasteiger charge is -2.44. The van der Waals surface area contributed by atoms with Gasteiger partial charge in [0.25, 0.3) is 0 Å². The fourth-order valence-electron chi connectivity index (χ4n) is 2.84. The topological polar surface area (TPSA) is 64.5 Å². The maximum absolute atomic E-state index is 12.9. The van der Waals surface area contributed by atoms with Crippen molar-refractivity contribution in [3.63, 3.8) is 0 Å². The quantitative estimate of drug-likeness (QED) is 0.865. The van der Waals surface area contributed by atoms with Crippen molar-refractivity contribution in [2.45, 2.75) is 33.6 Å². The molecular weight excluding hydrogens is 266 g/mol. The van der Waals surface area contributed by atoms with Gasteiger partial charge in [0.2, 0.25) is 17.8 Å². The monoisotopic (exact) mass is 287 g/mol. The molecule has 0 aliphatic carbocycles. The fraction of sp³-hybridized carbons (Fsp3) is 0.438. The van der Waals surface area contributed by atoms with Gasteiger partial charge < -0.3 is 0 Å². The lowest BCUT2D eigenvalue weighted by atomic mass is 9.77. The van der Waals surface area contributed by atoms with Gasteiger partial charge in [0.15, 0.2) is 0 Å². The van der Waals surface area contributed by atoms with Crippen LogP contribution in [0.25, 0.3) is 0 Å². The first-order valence-electron chi connectivity index (χ1n) is 7.33. The third-order valence-electron chi connectivity index (χ3n) is 4.27. The minimum atomic E-state index is -1.06. The number of nitrogens with one attached hydrogen (secondary N) is 1. The summed E-state index contributed by atoms with van der Waals surface area (Å²) in [5.74, 6) is -0.605. The van der Waals surface area contributed by atoms with Crippen LogP contribution in [-0.4, -0.2) is 29.2 Å². The van der Waals surface area contributed by atoms with Crippen molar-refractivity contribution in [3.8, 4) is 0 Å². The zero-order valence-corrected chi connectivity index (χ0v) is 12.7. The van der Waals surface area contributed by atoms with Crippen LogP contribution in [0, 0.1) is 10.8 Å². The Kier molecular flexibility index (Phi) is 4.11. The number of rotatable bonds is 4. The maximum atomic E-state index is 12.9. The SMILES string of the molecule is CCN1C(=N)N(c2ccccc2)C(=O)C(CC)(CC)C1=O. The second-order valence-electron chi connectivity index (χ2n) is 5.14. The summed E-state index contributed by atoms with van der Waals surface area (Å²) in [5.41, 5.74) is -0.430. The van der Waals surface area contributed by atoms with E-state index in [9.17, 15) is 9.59 Å². The lowest BCUT2D eigenvalue weighted by molar-refractivity contribution is -0.149. The smallest absolute Gasteiger partial charge is 0.249 e. The zero-order valence-electron chi connectivity index (χ0n) is 12.7. The van der Waals surface area contributed by atoms with Crippen molar-refractivity contribution >= 4 is 23.5 Å². The molecule has 0 bridgehead atoms. The Hall–Kier alpha value is -2.17. The number of para-hydroxylation sites is 1. The molecule has 1 aromatic carbocycles. The van der Waals surface area contributed by atoms with E-state index in [4.69, 9.17) is 5.41 Å². The van der Waals surface area contributed by atoms with E-state index >= 15 is 0 Å². The predicted molar refractivity (Wildman–Crippen MR) is 82.1 cm³/mol. The second-order valence-corrected chi connectivity index (χ2v) is 5.14. The molecule has 5 nitrogen and oxygen atoms in total. The Morgan fingerprint density at radius 3 is 2.05 bits per heavy atom. The standard InChI is InChI=1S/C16H21N3O2/c1-4-16(5-2)13(20)18(6-3)15(17)19(14(16)21)12-10-8-7-9-11-12/h7-11,17H,4-6H2,1-3H3. The Bertz CT molecular complexity index is 564. The Morgan fingerprint density at radius 1 is 1.00 bits per heavy atom. The Balaban J connectivity index is 2.57. The molecule has 2 amide bonds. The molecule has 2 rings (SSSR count). The van der Waals surface area contributed by atoms with Crippen molar-refractivity contribution < 1.29 is 9.59 Å². The average Bonchev–Trinajstić information content (AvgIpc) is 2.50. The largest absolute Gasteiger partial charge is 0.282 e. The van der Waals surface area contributed by atoms with Gasteiger partial charge in [-0.05, 0) is 31.9 Å². The summed E-state index contributed by atoms with van der Waals surface area (Å²) >= 11 is 0. The summed E-state index contributed by atoms with van der Waals surface area (Å²) in [4.78, 5) is 28.4. The zero-order chi connectivity index (χ0) is 15.6. The van der Waals surface area contributed by atoms with Crippen LogP contribution in [0.5, 0.6) is 0 Å². The number of amides is 2. The van der Waals surface area contributed by atoms with E-state index in [2.05, 4.69) is 0 Å². The third kappa shape index (κ3) is 2.13. The molecule has 0 saturated carbocycles. The van der Waals surface area contributed by atoms with Gasteiger partial charge in [0.1, 0.15) is 5.41 Å². The minimum absolute atomic E-state index is 0.0591. The number of hydrogen-bond acceptors (Lipinski definition) is 3. The summed E-state index contributed by atoms with van der Waals surface area (Å²) in [6.07, 6.45) is 0.878. The molecule has 1 saturated heterocycles. The van der Waals surface area contributed by atoms with Crippen LogP contribution < -0.4 is 4.90 Å². The Morgan fingerprint density at radius 2 is 1.57 bits per heavy atom. The molecule has 1 aliphatic rings. The van der Waals surface area contributed by atoms with Crippen LogP contribution in [0.2, 0.25) is 0 Å². The van der Waals surface area contributed by atoms with E-state index in [1.165, 1.54) is 9.80 Å². The summed E-state index contributed by atoms with van der Waals surface area (Å²) < 4.78 is 0. The van der Waals surface area contributed by atoms with Gasteiger partial charge in [-0.2, -0.15) is 0 Å². The van der Waals surface area contributed by atoms with E-state index in [1.54, 1.807) is 12.1 Å². The first-order valence-corrected chi connectivity index (χ1v) is 7.33. The van der Waals surface area contributed by atoms with Crippen molar-refractivity contribution in [3.05, 3.63) is 30.3 Å². The highest BCUT2D eigenvalue weighted by Gasteiger charge is 2.53. The molecule has 1 N–H and O–H groups in total. The van der Waals surface area contributed by atoms with E-state index < -0.39 is 5.41 Å². The van der Waals surface area contributed by atoms with Crippen LogP contribution >= 0.6 is 0 Å². The average molecular weight is 287 g/mol. The lowest BCUT2D eigenvalue weighted by Crippen LogP contribution is -2.65. The highest BCUT2D eigenvalue weighted by Crippen LogP contribution is 2.37. The van der Waals surface area contributed by atoms with Crippen LogP contribution in [0.3, 0.4) is 0 Å². The first-order chi connectivity index (χ1) is 10.0. The molecule has 21 heavy (non-hydrogen) atoms. The van der Waals surface area contributed by atoms with Crippen molar-refractivity contribution in [2.75, 3.05) is 11.4 Å². The fourth-order valence-corrected chi connectivity index (χ4v) is 2.84. The molecular formula is C16H21N3O2. The number of guanidine groups is 1. The van der Waals surface area contributed by atoms with Crippen molar-refractivity contribution in [2.24, 2.45) is 5.41 Å². The molecule has 0 radical (unpaired) electrons. The van der Waals surface area contributed by atoms with E-state index in [0.717, 1.165) is 0 Å². The van der Waals surface area contributed by atoms with Gasteiger partial charge in [-0.1, -0.05) is 32.0 Å². The number of nitrogens with zero attached hydrogens (tertiary/aromatic N) is 2. The van der Waals surface area contributed by atoms with Gasteiger partial charge in [0.05, 0.1) is 5.69 Å². The number of hydrogen-bond donors (Lipinski definition) is 1. The van der Waals surface area contributed by atoms with Crippen LogP contribution in [0.4, 0.5) is 5.69 Å². The van der Waals surface area contributed by atoms with Crippen LogP contribution in [0.15, 0.2) is 30.3 Å². The minimum Gasteiger partial charge on any atom is -0.282 e. The van der Waals surface area contributed by atoms with Gasteiger partial charge in [-0.15, -0.1) is 0 Å². The molecule has 1 aromatic rings. The van der Waals surface area contributed by atoms with Crippen LogP contribution in [-0.2, 0) is 9.59 Å². The number of anilines is 1. The van der Waals surface area contributed by atoms with Crippen LogP contribution in [0.1, 0.15) is 33.6 Å². The second kappa shape index (κ2) is 5.68. The van der Waals surface area contributed by atoms with Gasteiger partial charge >= 0.3 is 0 Å². The summed E-state index contributed by atoms with van der Waals surface area (Å²) in [6.45, 7) is 5.91. The highest BCUT2D eigenvalue weighted by molar-refractivity contribution is 6.30. The summed E-state index contributed by atoms with van der Waals surface area (Å²) in [7, 11) is 0. The van der Waals surface area contributed by atoms with Crippen molar-refractivity contribution in [1.82, 2.24) is 4.90 Å². The molecule has 5 heteroatoms. The molecule has 1 heterocycles. The molecule has 0 atom stereocenters. The molecule has 112 valence electrons. The van der Waals surface area contributed by atoms with Gasteiger partial charge in [-0.25, -0.2) is 4.90 Å². The van der Waals surface area contributed by atoms with Gasteiger partial charge in [-0.3, -0.25) is 19.9 Å². The van der Waals surface area contributed by atoms with E-state index in [0.29, 0.717) is 25.1 Å². The first kappa shape index (κ1) is 15.2. The molecule has 0 unspecified atom stereocenters. The van der Waals surface area contributed by atoms with E-state index in [1.807, 2.05) is 39.0 Å². The maximum Gasteiger partial charge on any atom is 0.249 e. The molecule has 1 aliphatic heterocycles.